The molecule has 5 heteroatoms. The van der Waals surface area contributed by atoms with E-state index in [4.69, 9.17) is 10.00 Å². The molecular formula is C15H20Br2N2O. The highest BCUT2D eigenvalue weighted by Gasteiger charge is 2.15. The van der Waals surface area contributed by atoms with Crippen molar-refractivity contribution < 1.29 is 4.74 Å². The number of benzene rings is 1. The lowest BCUT2D eigenvalue weighted by Crippen LogP contribution is -2.35. The van der Waals surface area contributed by atoms with E-state index < -0.39 is 6.10 Å². The van der Waals surface area contributed by atoms with Crippen molar-refractivity contribution in [2.24, 2.45) is 0 Å². The van der Waals surface area contributed by atoms with E-state index in [1.54, 1.807) is 0 Å². The van der Waals surface area contributed by atoms with E-state index in [0.717, 1.165) is 21.1 Å². The van der Waals surface area contributed by atoms with Gasteiger partial charge in [-0.3, -0.25) is 0 Å². The molecule has 1 atom stereocenters. The molecule has 0 saturated carbocycles. The SMILES string of the molecule is CCC(C#N)Oc1c(Br)cc(CNC(C)(C)C)cc1Br. The van der Waals surface area contributed by atoms with Crippen molar-refractivity contribution in [3.8, 4) is 11.8 Å². The zero-order valence-corrected chi connectivity index (χ0v) is 15.4. The minimum atomic E-state index is -0.429. The number of hydrogen-bond donors (Lipinski definition) is 1. The average Bonchev–Trinajstić information content (AvgIpc) is 2.35. The molecule has 1 unspecified atom stereocenters. The van der Waals surface area contributed by atoms with E-state index in [1.165, 1.54) is 0 Å². The lowest BCUT2D eigenvalue weighted by molar-refractivity contribution is 0.248. The number of nitrogens with one attached hydrogen (secondary N) is 1. The third-order valence-corrected chi connectivity index (χ3v) is 3.83. The van der Waals surface area contributed by atoms with Gasteiger partial charge in [-0.05, 0) is 76.7 Å². The van der Waals surface area contributed by atoms with Crippen LogP contribution in [0.1, 0.15) is 39.7 Å². The second kappa shape index (κ2) is 7.44. The smallest absolute Gasteiger partial charge is 0.184 e. The Bertz CT molecular complexity index is 481. The Morgan fingerprint density at radius 1 is 1.30 bits per heavy atom. The fourth-order valence-corrected chi connectivity index (χ4v) is 3.01. The Balaban J connectivity index is 2.89. The molecule has 0 aliphatic carbocycles. The number of nitrogens with zero attached hydrogens (tertiary/aromatic N) is 1. The summed E-state index contributed by atoms with van der Waals surface area (Å²) < 4.78 is 7.41. The van der Waals surface area contributed by atoms with Crippen LogP contribution in [0, 0.1) is 11.3 Å². The fraction of sp³-hybridized carbons (Fsp3) is 0.533. The summed E-state index contributed by atoms with van der Waals surface area (Å²) in [6.07, 6.45) is 0.226. The molecule has 110 valence electrons. The van der Waals surface area contributed by atoms with Gasteiger partial charge in [-0.25, -0.2) is 0 Å². The van der Waals surface area contributed by atoms with Crippen molar-refractivity contribution in [2.75, 3.05) is 0 Å². The minimum Gasteiger partial charge on any atom is -0.473 e. The summed E-state index contributed by atoms with van der Waals surface area (Å²) in [6, 6.07) is 6.17. The van der Waals surface area contributed by atoms with Gasteiger partial charge in [-0.1, -0.05) is 6.92 Å². The highest BCUT2D eigenvalue weighted by atomic mass is 79.9. The van der Waals surface area contributed by atoms with Crippen LogP contribution in [0.3, 0.4) is 0 Å². The molecule has 20 heavy (non-hydrogen) atoms. The Morgan fingerprint density at radius 2 is 1.85 bits per heavy atom. The number of ether oxygens (including phenoxy) is 1. The largest absolute Gasteiger partial charge is 0.473 e. The van der Waals surface area contributed by atoms with Gasteiger partial charge in [0.1, 0.15) is 11.8 Å². The van der Waals surface area contributed by atoms with E-state index in [0.29, 0.717) is 12.2 Å². The number of hydrogen-bond acceptors (Lipinski definition) is 3. The van der Waals surface area contributed by atoms with E-state index in [-0.39, 0.29) is 5.54 Å². The van der Waals surface area contributed by atoms with Gasteiger partial charge < -0.3 is 10.1 Å². The molecule has 0 saturated heterocycles. The van der Waals surface area contributed by atoms with Gasteiger partial charge in [0, 0.05) is 12.1 Å². The molecule has 3 nitrogen and oxygen atoms in total. The first-order valence-corrected chi connectivity index (χ1v) is 8.14. The first kappa shape index (κ1) is 17.5. The molecule has 0 radical (unpaired) electrons. The van der Waals surface area contributed by atoms with E-state index in [9.17, 15) is 0 Å². The van der Waals surface area contributed by atoms with Gasteiger partial charge in [-0.15, -0.1) is 0 Å². The second-order valence-corrected chi connectivity index (χ2v) is 7.34. The van der Waals surface area contributed by atoms with Gasteiger partial charge in [0.05, 0.1) is 8.95 Å². The first-order chi connectivity index (χ1) is 9.26. The molecule has 0 aliphatic heterocycles. The molecule has 0 amide bonds. The Kier molecular flexibility index (Phi) is 6.50. The van der Waals surface area contributed by atoms with Gasteiger partial charge in [0.15, 0.2) is 6.10 Å². The van der Waals surface area contributed by atoms with Crippen molar-refractivity contribution in [1.82, 2.24) is 5.32 Å². The monoisotopic (exact) mass is 402 g/mol. The van der Waals surface area contributed by atoms with Crippen LogP contribution in [0.2, 0.25) is 0 Å². The quantitative estimate of drug-likeness (QED) is 0.769. The van der Waals surface area contributed by atoms with Crippen LogP contribution >= 0.6 is 31.9 Å². The van der Waals surface area contributed by atoms with Crippen molar-refractivity contribution in [2.45, 2.75) is 52.3 Å². The molecule has 0 heterocycles. The lowest BCUT2D eigenvalue weighted by atomic mass is 10.1. The molecule has 0 aliphatic rings. The van der Waals surface area contributed by atoms with Crippen LogP contribution in [0.25, 0.3) is 0 Å². The van der Waals surface area contributed by atoms with Crippen LogP contribution in [-0.2, 0) is 6.54 Å². The standard InChI is InChI=1S/C15H20Br2N2O/c1-5-11(8-18)20-14-12(16)6-10(7-13(14)17)9-19-15(2,3)4/h6-7,11,19H,5,9H2,1-4H3. The van der Waals surface area contributed by atoms with E-state index in [2.05, 4.69) is 64.0 Å². The fourth-order valence-electron chi connectivity index (χ4n) is 1.54. The maximum atomic E-state index is 8.98. The van der Waals surface area contributed by atoms with Crippen LogP contribution < -0.4 is 10.1 Å². The Labute approximate surface area is 138 Å². The van der Waals surface area contributed by atoms with Crippen molar-refractivity contribution in [3.63, 3.8) is 0 Å². The topological polar surface area (TPSA) is 45.0 Å². The molecule has 0 aromatic heterocycles. The average molecular weight is 404 g/mol. The van der Waals surface area contributed by atoms with Gasteiger partial charge in [-0.2, -0.15) is 5.26 Å². The molecule has 1 aromatic rings. The first-order valence-electron chi connectivity index (χ1n) is 6.56. The number of rotatable bonds is 5. The van der Waals surface area contributed by atoms with Gasteiger partial charge >= 0.3 is 0 Å². The zero-order chi connectivity index (χ0) is 15.3. The van der Waals surface area contributed by atoms with Gasteiger partial charge in [0.25, 0.3) is 0 Å². The predicted octanol–water partition coefficient (Wildman–Crippen LogP) is 4.78. The van der Waals surface area contributed by atoms with Crippen molar-refractivity contribution in [1.29, 1.82) is 5.26 Å². The summed E-state index contributed by atoms with van der Waals surface area (Å²) in [5.41, 5.74) is 1.22. The third kappa shape index (κ3) is 5.43. The molecule has 0 spiro atoms. The van der Waals surface area contributed by atoms with Crippen molar-refractivity contribution in [3.05, 3.63) is 26.6 Å². The lowest BCUT2D eigenvalue weighted by Gasteiger charge is -2.21. The summed E-state index contributed by atoms with van der Waals surface area (Å²) in [6.45, 7) is 9.10. The second-order valence-electron chi connectivity index (χ2n) is 5.64. The van der Waals surface area contributed by atoms with E-state index >= 15 is 0 Å². The number of halogens is 2. The summed E-state index contributed by atoms with van der Waals surface area (Å²) in [5.74, 6) is 0.679. The molecule has 1 aromatic carbocycles. The predicted molar refractivity (Wildman–Crippen MR) is 88.8 cm³/mol. The molecule has 1 rings (SSSR count). The Morgan fingerprint density at radius 3 is 2.25 bits per heavy atom. The summed E-state index contributed by atoms with van der Waals surface area (Å²) in [5, 5.41) is 12.4. The van der Waals surface area contributed by atoms with Crippen LogP contribution in [0.4, 0.5) is 0 Å². The maximum absolute atomic E-state index is 8.98. The van der Waals surface area contributed by atoms with Crippen LogP contribution in [0.15, 0.2) is 21.1 Å². The molecular weight excluding hydrogens is 384 g/mol. The number of nitriles is 1. The zero-order valence-electron chi connectivity index (χ0n) is 12.3. The van der Waals surface area contributed by atoms with E-state index in [1.807, 2.05) is 19.1 Å². The Hall–Kier alpha value is -0.570. The molecule has 1 N–H and O–H groups in total. The maximum Gasteiger partial charge on any atom is 0.184 e. The minimum absolute atomic E-state index is 0.0717. The molecule has 0 fully saturated rings. The van der Waals surface area contributed by atoms with Crippen LogP contribution in [-0.4, -0.2) is 11.6 Å². The van der Waals surface area contributed by atoms with Crippen molar-refractivity contribution >= 4 is 31.9 Å². The van der Waals surface area contributed by atoms with Crippen LogP contribution in [0.5, 0.6) is 5.75 Å². The highest BCUT2D eigenvalue weighted by molar-refractivity contribution is 9.11. The normalized spacial score (nSPS) is 12.8. The summed E-state index contributed by atoms with van der Waals surface area (Å²) in [7, 11) is 0. The summed E-state index contributed by atoms with van der Waals surface area (Å²) >= 11 is 7.03. The highest BCUT2D eigenvalue weighted by Crippen LogP contribution is 2.35. The summed E-state index contributed by atoms with van der Waals surface area (Å²) in [4.78, 5) is 0. The third-order valence-electron chi connectivity index (χ3n) is 2.66. The van der Waals surface area contributed by atoms with Gasteiger partial charge in [0.2, 0.25) is 0 Å². The molecule has 0 bridgehead atoms.